The molecule has 0 amide bonds. The van der Waals surface area contributed by atoms with Crippen molar-refractivity contribution >= 4 is 18.0 Å². The smallest absolute Gasteiger partial charge is 0.135 e. The SMILES string of the molecule is CCCCc1ccc(SC(C)(C)C=O)cc1. The predicted octanol–water partition coefficient (Wildman–Crippen LogP) is 4.10. The van der Waals surface area contributed by atoms with Crippen LogP contribution in [0.15, 0.2) is 29.2 Å². The van der Waals surface area contributed by atoms with E-state index in [-0.39, 0.29) is 4.75 Å². The summed E-state index contributed by atoms with van der Waals surface area (Å²) in [6.45, 7) is 6.09. The van der Waals surface area contributed by atoms with Crippen molar-refractivity contribution in [3.05, 3.63) is 29.8 Å². The minimum absolute atomic E-state index is 0.328. The van der Waals surface area contributed by atoms with E-state index in [0.29, 0.717) is 0 Å². The number of unbranched alkanes of at least 4 members (excludes halogenated alkanes) is 1. The van der Waals surface area contributed by atoms with Crippen LogP contribution in [0.2, 0.25) is 0 Å². The molecule has 1 rings (SSSR count). The van der Waals surface area contributed by atoms with Crippen LogP contribution in [-0.2, 0) is 11.2 Å². The van der Waals surface area contributed by atoms with Crippen molar-refractivity contribution in [1.82, 2.24) is 0 Å². The van der Waals surface area contributed by atoms with Gasteiger partial charge in [0.2, 0.25) is 0 Å². The first-order valence-corrected chi connectivity index (χ1v) is 6.63. The summed E-state index contributed by atoms with van der Waals surface area (Å²) >= 11 is 1.61. The number of benzene rings is 1. The van der Waals surface area contributed by atoms with Gasteiger partial charge in [-0.25, -0.2) is 0 Å². The van der Waals surface area contributed by atoms with E-state index in [1.807, 2.05) is 13.8 Å². The summed E-state index contributed by atoms with van der Waals surface area (Å²) in [6, 6.07) is 8.56. The van der Waals surface area contributed by atoms with Gasteiger partial charge in [0.25, 0.3) is 0 Å². The van der Waals surface area contributed by atoms with Crippen molar-refractivity contribution < 1.29 is 4.79 Å². The van der Waals surface area contributed by atoms with Crippen molar-refractivity contribution in [3.63, 3.8) is 0 Å². The zero-order valence-corrected chi connectivity index (χ0v) is 11.1. The van der Waals surface area contributed by atoms with Gasteiger partial charge >= 0.3 is 0 Å². The molecule has 0 atom stereocenters. The molecule has 1 aromatic carbocycles. The second kappa shape index (κ2) is 6.09. The van der Waals surface area contributed by atoms with Crippen LogP contribution in [0.1, 0.15) is 39.2 Å². The van der Waals surface area contributed by atoms with E-state index in [1.54, 1.807) is 11.8 Å². The Bertz CT molecular complexity index is 327. The van der Waals surface area contributed by atoms with E-state index < -0.39 is 0 Å². The Morgan fingerprint density at radius 2 is 1.88 bits per heavy atom. The minimum Gasteiger partial charge on any atom is -0.302 e. The van der Waals surface area contributed by atoms with Crippen LogP contribution >= 0.6 is 11.8 Å². The summed E-state index contributed by atoms with van der Waals surface area (Å²) in [5.74, 6) is 0. The Morgan fingerprint density at radius 3 is 2.38 bits per heavy atom. The number of aryl methyl sites for hydroxylation is 1. The Kier molecular flexibility index (Phi) is 5.07. The highest BCUT2D eigenvalue weighted by molar-refractivity contribution is 8.01. The first-order valence-electron chi connectivity index (χ1n) is 5.81. The van der Waals surface area contributed by atoms with Gasteiger partial charge in [-0.3, -0.25) is 0 Å². The highest BCUT2D eigenvalue weighted by Gasteiger charge is 2.17. The molecule has 0 aromatic heterocycles. The second-order valence-corrected chi connectivity index (χ2v) is 6.30. The number of carbonyl (C=O) groups excluding carboxylic acids is 1. The second-order valence-electron chi connectivity index (χ2n) is 4.57. The van der Waals surface area contributed by atoms with Gasteiger partial charge < -0.3 is 4.79 Å². The lowest BCUT2D eigenvalue weighted by molar-refractivity contribution is -0.109. The van der Waals surface area contributed by atoms with E-state index in [4.69, 9.17) is 0 Å². The molecule has 0 aliphatic carbocycles. The molecular weight excluding hydrogens is 216 g/mol. The predicted molar refractivity (Wildman–Crippen MR) is 71.1 cm³/mol. The maximum atomic E-state index is 10.8. The molecule has 0 N–H and O–H groups in total. The number of aldehydes is 1. The molecule has 0 radical (unpaired) electrons. The van der Waals surface area contributed by atoms with Crippen LogP contribution in [0, 0.1) is 0 Å². The molecule has 0 fully saturated rings. The quantitative estimate of drug-likeness (QED) is 0.546. The lowest BCUT2D eigenvalue weighted by Gasteiger charge is -2.16. The Labute approximate surface area is 103 Å². The van der Waals surface area contributed by atoms with Crippen molar-refractivity contribution in [2.45, 2.75) is 49.7 Å². The van der Waals surface area contributed by atoms with Gasteiger partial charge in [0, 0.05) is 4.90 Å². The van der Waals surface area contributed by atoms with Crippen LogP contribution in [0.3, 0.4) is 0 Å². The summed E-state index contributed by atoms with van der Waals surface area (Å²) < 4.78 is -0.328. The average Bonchev–Trinajstić information content (AvgIpc) is 2.28. The number of carbonyl (C=O) groups is 1. The number of hydrogen-bond acceptors (Lipinski definition) is 2. The molecule has 0 spiro atoms. The molecule has 2 heteroatoms. The highest BCUT2D eigenvalue weighted by atomic mass is 32.2. The van der Waals surface area contributed by atoms with Crippen LogP contribution < -0.4 is 0 Å². The number of thioether (sulfide) groups is 1. The molecule has 16 heavy (non-hydrogen) atoms. The third kappa shape index (κ3) is 4.40. The molecule has 0 saturated carbocycles. The standard InChI is InChI=1S/C14H20OS/c1-4-5-6-12-7-9-13(10-8-12)16-14(2,3)11-15/h7-11H,4-6H2,1-3H3. The van der Waals surface area contributed by atoms with Gasteiger partial charge in [-0.05, 0) is 44.4 Å². The Hall–Kier alpha value is -0.760. The molecule has 88 valence electrons. The van der Waals surface area contributed by atoms with E-state index in [1.165, 1.54) is 18.4 Å². The van der Waals surface area contributed by atoms with E-state index >= 15 is 0 Å². The van der Waals surface area contributed by atoms with Crippen molar-refractivity contribution in [2.75, 3.05) is 0 Å². The number of hydrogen-bond donors (Lipinski definition) is 0. The molecule has 0 saturated heterocycles. The highest BCUT2D eigenvalue weighted by Crippen LogP contribution is 2.30. The summed E-state index contributed by atoms with van der Waals surface area (Å²) in [5.41, 5.74) is 1.38. The normalized spacial score (nSPS) is 11.4. The van der Waals surface area contributed by atoms with Crippen LogP contribution in [0.4, 0.5) is 0 Å². The summed E-state index contributed by atoms with van der Waals surface area (Å²) in [7, 11) is 0. The maximum absolute atomic E-state index is 10.8. The molecule has 0 heterocycles. The number of rotatable bonds is 6. The summed E-state index contributed by atoms with van der Waals surface area (Å²) in [6.07, 6.45) is 4.63. The largest absolute Gasteiger partial charge is 0.302 e. The monoisotopic (exact) mass is 236 g/mol. The molecule has 0 aliphatic heterocycles. The van der Waals surface area contributed by atoms with Gasteiger partial charge in [0.1, 0.15) is 6.29 Å². The first kappa shape index (κ1) is 13.3. The van der Waals surface area contributed by atoms with Crippen LogP contribution in [-0.4, -0.2) is 11.0 Å². The third-order valence-electron chi connectivity index (χ3n) is 2.41. The lowest BCUT2D eigenvalue weighted by atomic mass is 10.1. The summed E-state index contributed by atoms with van der Waals surface area (Å²) in [5, 5.41) is 0. The average molecular weight is 236 g/mol. The zero-order valence-electron chi connectivity index (χ0n) is 10.3. The van der Waals surface area contributed by atoms with Gasteiger partial charge in [0.05, 0.1) is 4.75 Å². The minimum atomic E-state index is -0.328. The third-order valence-corrected chi connectivity index (χ3v) is 3.54. The Balaban J connectivity index is 2.61. The molecular formula is C14H20OS. The van der Waals surface area contributed by atoms with Crippen LogP contribution in [0.5, 0.6) is 0 Å². The van der Waals surface area contributed by atoms with E-state index in [9.17, 15) is 4.79 Å². The maximum Gasteiger partial charge on any atom is 0.135 e. The molecule has 1 nitrogen and oxygen atoms in total. The van der Waals surface area contributed by atoms with Crippen molar-refractivity contribution in [1.29, 1.82) is 0 Å². The zero-order chi connectivity index (χ0) is 12.0. The molecule has 0 aliphatic rings. The van der Waals surface area contributed by atoms with E-state index in [0.717, 1.165) is 17.6 Å². The fourth-order valence-corrected chi connectivity index (χ4v) is 2.36. The first-order chi connectivity index (χ1) is 7.57. The Morgan fingerprint density at radius 1 is 1.25 bits per heavy atom. The van der Waals surface area contributed by atoms with Crippen LogP contribution in [0.25, 0.3) is 0 Å². The molecule has 1 aromatic rings. The van der Waals surface area contributed by atoms with Gasteiger partial charge in [0.15, 0.2) is 0 Å². The van der Waals surface area contributed by atoms with Crippen molar-refractivity contribution in [3.8, 4) is 0 Å². The van der Waals surface area contributed by atoms with E-state index in [2.05, 4.69) is 31.2 Å². The van der Waals surface area contributed by atoms with Gasteiger partial charge in [-0.1, -0.05) is 25.5 Å². The molecule has 0 bridgehead atoms. The van der Waals surface area contributed by atoms with Crippen molar-refractivity contribution in [2.24, 2.45) is 0 Å². The fraction of sp³-hybridized carbons (Fsp3) is 0.500. The topological polar surface area (TPSA) is 17.1 Å². The summed E-state index contributed by atoms with van der Waals surface area (Å²) in [4.78, 5) is 12.0. The van der Waals surface area contributed by atoms with Gasteiger partial charge in [-0.15, -0.1) is 11.8 Å². The lowest BCUT2D eigenvalue weighted by Crippen LogP contribution is -2.15. The fourth-order valence-electron chi connectivity index (χ4n) is 1.43. The molecule has 0 unspecified atom stereocenters. The van der Waals surface area contributed by atoms with Gasteiger partial charge in [-0.2, -0.15) is 0 Å².